The summed E-state index contributed by atoms with van der Waals surface area (Å²) in [4.78, 5) is 10.1. The topological polar surface area (TPSA) is 88.5 Å². The van der Waals surface area contributed by atoms with Crippen LogP contribution in [0.25, 0.3) is 0 Å². The maximum Gasteiger partial charge on any atom is 0.428 e. The second-order valence-corrected chi connectivity index (χ2v) is 1.14. The molecule has 42 valence electrons. The number of amides is 1. The minimum absolute atomic E-state index is 0.630. The minimum Gasteiger partial charge on any atom is -0.298 e. The van der Waals surface area contributed by atoms with Gasteiger partial charge in [-0.3, -0.25) is 5.73 Å². The molecule has 3 N–H and O–H groups in total. The minimum atomic E-state index is -0.630. The molecule has 1 aromatic rings. The largest absolute Gasteiger partial charge is 0.428 e. The molecule has 0 fully saturated rings. The number of hydrogen-bond donors (Lipinski definition) is 2. The Morgan fingerprint density at radius 1 is 1.88 bits per heavy atom. The molecule has 0 unspecified atom stereocenters. The first-order valence-electron chi connectivity index (χ1n) is 1.88. The van der Waals surface area contributed by atoms with Crippen LogP contribution >= 0.6 is 0 Å². The predicted molar refractivity (Wildman–Crippen MR) is 21.6 cm³/mol. The summed E-state index contributed by atoms with van der Waals surface area (Å²) in [6.07, 6.45) is 1.18. The first kappa shape index (κ1) is 4.69. The van der Waals surface area contributed by atoms with Gasteiger partial charge in [-0.1, -0.05) is 9.90 Å². The van der Waals surface area contributed by atoms with E-state index >= 15 is 0 Å². The summed E-state index contributed by atoms with van der Waals surface area (Å²) in [7, 11) is 0. The molecule has 0 saturated heterocycles. The van der Waals surface area contributed by atoms with E-state index in [4.69, 9.17) is 5.73 Å². The van der Waals surface area contributed by atoms with Crippen LogP contribution in [0.5, 0.6) is 0 Å². The molecule has 0 saturated carbocycles. The lowest BCUT2D eigenvalue weighted by molar-refractivity contribution is -0.634. The summed E-state index contributed by atoms with van der Waals surface area (Å²) in [6.45, 7) is 0. The van der Waals surface area contributed by atoms with E-state index < -0.39 is 6.03 Å². The van der Waals surface area contributed by atoms with Crippen LogP contribution in [0.15, 0.2) is 6.33 Å². The van der Waals surface area contributed by atoms with Gasteiger partial charge in [-0.05, 0) is 0 Å². The number of carbonyl (C=O) groups excluding carboxylic acids is 1. The van der Waals surface area contributed by atoms with Crippen molar-refractivity contribution in [3.8, 4) is 0 Å². The Balaban J connectivity index is 2.93. The van der Waals surface area contributed by atoms with Crippen LogP contribution in [-0.4, -0.2) is 21.6 Å². The Hall–Kier alpha value is -1.46. The molecule has 6 heteroatoms. The molecule has 1 amide bonds. The van der Waals surface area contributed by atoms with Gasteiger partial charge in [0.25, 0.3) is 6.33 Å². The highest BCUT2D eigenvalue weighted by molar-refractivity contribution is 5.60. The van der Waals surface area contributed by atoms with Crippen molar-refractivity contribution in [3.63, 3.8) is 0 Å². The number of aromatic nitrogens is 4. The van der Waals surface area contributed by atoms with Gasteiger partial charge in [0.2, 0.25) is 0 Å². The molecule has 1 aromatic heterocycles. The third-order valence-electron chi connectivity index (χ3n) is 0.615. The van der Waals surface area contributed by atoms with Gasteiger partial charge in [-0.15, -0.1) is 0 Å². The number of hydrogen-bond acceptors (Lipinski definition) is 3. The molecule has 0 aliphatic heterocycles. The SMILES string of the molecule is NC(=O)[n+]1cnn[nH]1. The molecule has 0 aliphatic rings. The van der Waals surface area contributed by atoms with Crippen LogP contribution in [0.4, 0.5) is 4.79 Å². The van der Waals surface area contributed by atoms with Crippen molar-refractivity contribution in [2.75, 3.05) is 0 Å². The molecular formula is C2H4N5O+. The maximum atomic E-state index is 10.1. The number of aromatic amines is 1. The number of nitrogens with zero attached hydrogens (tertiary/aromatic N) is 3. The summed E-state index contributed by atoms with van der Waals surface area (Å²) >= 11 is 0. The highest BCUT2D eigenvalue weighted by atomic mass is 16.2. The fraction of sp³-hybridized carbons (Fsp3) is 0. The van der Waals surface area contributed by atoms with Crippen LogP contribution in [0, 0.1) is 0 Å². The van der Waals surface area contributed by atoms with Gasteiger partial charge in [0, 0.05) is 5.10 Å². The first-order chi connectivity index (χ1) is 3.80. The number of carbonyl (C=O) groups is 1. The predicted octanol–water partition coefficient (Wildman–Crippen LogP) is -1.98. The lowest BCUT2D eigenvalue weighted by atomic mass is 11.0. The van der Waals surface area contributed by atoms with Gasteiger partial charge < -0.3 is 0 Å². The van der Waals surface area contributed by atoms with Crippen LogP contribution in [-0.2, 0) is 0 Å². The normalized spacial score (nSPS) is 9.00. The molecule has 0 radical (unpaired) electrons. The van der Waals surface area contributed by atoms with Crippen LogP contribution in [0.1, 0.15) is 0 Å². The van der Waals surface area contributed by atoms with E-state index in [1.54, 1.807) is 0 Å². The molecule has 0 spiro atoms. The lowest BCUT2D eigenvalue weighted by Gasteiger charge is -1.77. The van der Waals surface area contributed by atoms with Gasteiger partial charge >= 0.3 is 6.03 Å². The zero-order valence-corrected chi connectivity index (χ0v) is 3.90. The van der Waals surface area contributed by atoms with Gasteiger partial charge in [0.05, 0.1) is 0 Å². The van der Waals surface area contributed by atoms with Gasteiger partial charge in [-0.2, -0.15) is 0 Å². The molecule has 0 aromatic carbocycles. The molecule has 1 rings (SSSR count). The van der Waals surface area contributed by atoms with Crippen molar-refractivity contribution >= 4 is 6.03 Å². The Bertz CT molecular complexity index is 178. The quantitative estimate of drug-likeness (QED) is 0.302. The second kappa shape index (κ2) is 1.57. The number of primary amides is 1. The summed E-state index contributed by atoms with van der Waals surface area (Å²) in [5.74, 6) is 0. The summed E-state index contributed by atoms with van der Waals surface area (Å²) in [5.41, 5.74) is 4.77. The van der Waals surface area contributed by atoms with Crippen molar-refractivity contribution in [3.05, 3.63) is 6.33 Å². The molecule has 0 aliphatic carbocycles. The molecule has 0 atom stereocenters. The number of tetrazole rings is 1. The number of nitrogens with two attached hydrogens (primary N) is 1. The fourth-order valence-corrected chi connectivity index (χ4v) is 0.283. The van der Waals surface area contributed by atoms with E-state index in [0.717, 1.165) is 4.68 Å². The third-order valence-corrected chi connectivity index (χ3v) is 0.615. The molecule has 1 heterocycles. The fourth-order valence-electron chi connectivity index (χ4n) is 0.283. The number of H-pyrrole nitrogens is 1. The van der Waals surface area contributed by atoms with E-state index in [0.29, 0.717) is 0 Å². The van der Waals surface area contributed by atoms with E-state index in [1.165, 1.54) is 6.33 Å². The molecule has 8 heavy (non-hydrogen) atoms. The van der Waals surface area contributed by atoms with E-state index in [9.17, 15) is 4.79 Å². The van der Waals surface area contributed by atoms with Crippen molar-refractivity contribution in [2.24, 2.45) is 5.73 Å². The highest BCUT2D eigenvalue weighted by Crippen LogP contribution is 1.51. The van der Waals surface area contributed by atoms with Gasteiger partial charge in [-0.25, -0.2) is 4.79 Å². The van der Waals surface area contributed by atoms with Crippen LogP contribution in [0.2, 0.25) is 0 Å². The van der Waals surface area contributed by atoms with Crippen molar-refractivity contribution in [1.82, 2.24) is 15.5 Å². The number of rotatable bonds is 0. The third kappa shape index (κ3) is 0.625. The average Bonchev–Trinajstić information content (AvgIpc) is 2.12. The van der Waals surface area contributed by atoms with Crippen molar-refractivity contribution < 1.29 is 9.48 Å². The lowest BCUT2D eigenvalue weighted by Crippen LogP contribution is -2.48. The van der Waals surface area contributed by atoms with Crippen LogP contribution in [0.3, 0.4) is 0 Å². The smallest absolute Gasteiger partial charge is 0.298 e. The standard InChI is InChI=1S/C2H3N5O/c3-2(8)7-1-4-5-6-7/h1H,(H2,3,8)/p+1. The van der Waals surface area contributed by atoms with Gasteiger partial charge in [0.1, 0.15) is 5.21 Å². The van der Waals surface area contributed by atoms with Crippen molar-refractivity contribution in [2.45, 2.75) is 0 Å². The second-order valence-electron chi connectivity index (χ2n) is 1.14. The van der Waals surface area contributed by atoms with Crippen molar-refractivity contribution in [1.29, 1.82) is 0 Å². The Morgan fingerprint density at radius 3 is 2.88 bits per heavy atom. The first-order valence-corrected chi connectivity index (χ1v) is 1.88. The summed E-state index contributed by atoms with van der Waals surface area (Å²) in [6, 6.07) is -0.630. The average molecular weight is 114 g/mol. The Morgan fingerprint density at radius 2 is 2.62 bits per heavy atom. The van der Waals surface area contributed by atoms with E-state index in [1.807, 2.05) is 0 Å². The number of nitrogens with one attached hydrogen (secondary N) is 1. The zero-order chi connectivity index (χ0) is 5.98. The summed E-state index contributed by atoms with van der Waals surface area (Å²) in [5, 5.41) is 8.75. The van der Waals surface area contributed by atoms with Gasteiger partial charge in [0.15, 0.2) is 0 Å². The Kier molecular flexibility index (Phi) is 0.918. The zero-order valence-electron chi connectivity index (χ0n) is 3.90. The van der Waals surface area contributed by atoms with E-state index in [2.05, 4.69) is 15.5 Å². The molecule has 6 nitrogen and oxygen atoms in total. The summed E-state index contributed by atoms with van der Waals surface area (Å²) < 4.78 is 0.958. The monoisotopic (exact) mass is 114 g/mol. The van der Waals surface area contributed by atoms with E-state index in [-0.39, 0.29) is 0 Å². The molecule has 0 bridgehead atoms. The van der Waals surface area contributed by atoms with Crippen LogP contribution < -0.4 is 10.4 Å². The highest BCUT2D eigenvalue weighted by Gasteiger charge is 2.01. The molecular weight excluding hydrogens is 110 g/mol. The Labute approximate surface area is 44.3 Å². The maximum absolute atomic E-state index is 10.1.